The Hall–Kier alpha value is -1.57. The van der Waals surface area contributed by atoms with Gasteiger partial charge in [-0.3, -0.25) is 14.2 Å². The first kappa shape index (κ1) is 11.5. The Balaban J connectivity index is 2.60. The first-order chi connectivity index (χ1) is 6.89. The van der Waals surface area contributed by atoms with E-state index < -0.39 is 28.2 Å². The van der Waals surface area contributed by atoms with E-state index >= 15 is 0 Å². The predicted molar refractivity (Wildman–Crippen MR) is 52.9 cm³/mol. The maximum atomic E-state index is 11.3. The number of carbonyl (C=O) groups is 1. The van der Waals surface area contributed by atoms with Crippen LogP contribution in [0.5, 0.6) is 0 Å². The summed E-state index contributed by atoms with van der Waals surface area (Å²) in [6.07, 6.45) is 1.15. The Morgan fingerprint density at radius 2 is 2.33 bits per heavy atom. The van der Waals surface area contributed by atoms with Crippen molar-refractivity contribution in [2.45, 2.75) is 6.42 Å². The Labute approximate surface area is 86.8 Å². The van der Waals surface area contributed by atoms with Gasteiger partial charge in [0.15, 0.2) is 5.82 Å². The van der Waals surface area contributed by atoms with Gasteiger partial charge in [0, 0.05) is 19.3 Å². The molecule has 0 saturated heterocycles. The summed E-state index contributed by atoms with van der Waals surface area (Å²) in [7, 11) is -1.98. The molecule has 15 heavy (non-hydrogen) atoms. The molecule has 0 fully saturated rings. The molecule has 0 aliphatic carbocycles. The van der Waals surface area contributed by atoms with Crippen molar-refractivity contribution in [3.05, 3.63) is 12.3 Å². The van der Waals surface area contributed by atoms with Gasteiger partial charge in [0.25, 0.3) is 0 Å². The van der Waals surface area contributed by atoms with E-state index in [0.29, 0.717) is 0 Å². The van der Waals surface area contributed by atoms with Crippen LogP contribution in [0.2, 0.25) is 0 Å². The maximum absolute atomic E-state index is 11.3. The van der Waals surface area contributed by atoms with Gasteiger partial charge in [0.1, 0.15) is 0 Å². The van der Waals surface area contributed by atoms with Crippen LogP contribution >= 0.6 is 0 Å². The molecule has 1 aromatic rings. The zero-order valence-electron chi connectivity index (χ0n) is 8.04. The number of aryl methyl sites for hydroxylation is 1. The van der Waals surface area contributed by atoms with Crippen molar-refractivity contribution in [1.29, 1.82) is 0 Å². The molecule has 0 aliphatic rings. The summed E-state index contributed by atoms with van der Waals surface area (Å²) in [6, 6.07) is 1.48. The smallest absolute Gasteiger partial charge is 0.304 e. The lowest BCUT2D eigenvalue weighted by molar-refractivity contribution is -0.136. The van der Waals surface area contributed by atoms with Gasteiger partial charge < -0.3 is 5.11 Å². The Morgan fingerprint density at radius 3 is 2.80 bits per heavy atom. The SMILES string of the molecule is Cn1ccc(NS(=O)(=O)CCC(=O)O)n1. The third-order valence-electron chi connectivity index (χ3n) is 1.56. The molecule has 0 aromatic carbocycles. The zero-order valence-corrected chi connectivity index (χ0v) is 8.86. The lowest BCUT2D eigenvalue weighted by Crippen LogP contribution is -2.19. The molecule has 0 aliphatic heterocycles. The molecule has 1 rings (SSSR count). The molecular weight excluding hydrogens is 222 g/mol. The van der Waals surface area contributed by atoms with Gasteiger partial charge in [-0.1, -0.05) is 0 Å². The topological polar surface area (TPSA) is 101 Å². The van der Waals surface area contributed by atoms with Crippen molar-refractivity contribution in [3.8, 4) is 0 Å². The summed E-state index contributed by atoms with van der Waals surface area (Å²) in [4.78, 5) is 10.2. The fraction of sp³-hybridized carbons (Fsp3) is 0.429. The molecule has 0 bridgehead atoms. The highest BCUT2D eigenvalue weighted by Crippen LogP contribution is 2.05. The highest BCUT2D eigenvalue weighted by molar-refractivity contribution is 7.92. The lowest BCUT2D eigenvalue weighted by Gasteiger charge is -2.02. The van der Waals surface area contributed by atoms with Gasteiger partial charge in [-0.2, -0.15) is 5.10 Å². The van der Waals surface area contributed by atoms with Crippen LogP contribution in [0.1, 0.15) is 6.42 Å². The van der Waals surface area contributed by atoms with Crippen LogP contribution in [0.3, 0.4) is 0 Å². The molecule has 7 nitrogen and oxygen atoms in total. The van der Waals surface area contributed by atoms with E-state index in [1.807, 2.05) is 0 Å². The second-order valence-corrected chi connectivity index (χ2v) is 4.78. The Morgan fingerprint density at radius 1 is 1.67 bits per heavy atom. The van der Waals surface area contributed by atoms with Crippen molar-refractivity contribution in [2.75, 3.05) is 10.5 Å². The summed E-state index contributed by atoms with van der Waals surface area (Å²) in [5, 5.41) is 12.1. The predicted octanol–water partition coefficient (Wildman–Crippen LogP) is -0.363. The molecule has 0 unspecified atom stereocenters. The van der Waals surface area contributed by atoms with Gasteiger partial charge in [-0.15, -0.1) is 0 Å². The number of rotatable bonds is 5. The molecule has 0 spiro atoms. The number of anilines is 1. The molecule has 8 heteroatoms. The first-order valence-corrected chi connectivity index (χ1v) is 5.76. The Kier molecular flexibility index (Phi) is 3.30. The van der Waals surface area contributed by atoms with E-state index in [9.17, 15) is 13.2 Å². The minimum absolute atomic E-state index is 0.183. The van der Waals surface area contributed by atoms with Crippen LogP contribution in [0.4, 0.5) is 5.82 Å². The first-order valence-electron chi connectivity index (χ1n) is 4.11. The van der Waals surface area contributed by atoms with E-state index in [1.165, 1.54) is 10.7 Å². The number of nitrogens with zero attached hydrogens (tertiary/aromatic N) is 2. The molecule has 84 valence electrons. The number of hydrogen-bond acceptors (Lipinski definition) is 4. The molecule has 2 N–H and O–H groups in total. The second kappa shape index (κ2) is 4.30. The Bertz CT molecular complexity index is 451. The monoisotopic (exact) mass is 233 g/mol. The summed E-state index contributed by atoms with van der Waals surface area (Å²) in [5.41, 5.74) is 0. The average Bonchev–Trinajstić information content (AvgIpc) is 2.47. The summed E-state index contributed by atoms with van der Waals surface area (Å²) in [5.74, 6) is -1.43. The number of carboxylic acid groups (broad SMARTS) is 1. The fourth-order valence-electron chi connectivity index (χ4n) is 0.902. The summed E-state index contributed by atoms with van der Waals surface area (Å²) < 4.78 is 26.2. The van der Waals surface area contributed by atoms with Gasteiger partial charge in [-0.25, -0.2) is 8.42 Å². The summed E-state index contributed by atoms with van der Waals surface area (Å²) >= 11 is 0. The van der Waals surface area contributed by atoms with Crippen LogP contribution < -0.4 is 4.72 Å². The van der Waals surface area contributed by atoms with Crippen LogP contribution in [0, 0.1) is 0 Å². The third kappa shape index (κ3) is 3.98. The molecule has 1 aromatic heterocycles. The highest BCUT2D eigenvalue weighted by Gasteiger charge is 2.13. The standard InChI is InChI=1S/C7H11N3O4S/c1-10-4-2-6(8-10)9-15(13,14)5-3-7(11)12/h2,4H,3,5H2,1H3,(H,8,9)(H,11,12). The number of carboxylic acids is 1. The van der Waals surface area contributed by atoms with E-state index in [2.05, 4.69) is 9.82 Å². The third-order valence-corrected chi connectivity index (χ3v) is 2.82. The number of aromatic nitrogens is 2. The van der Waals surface area contributed by atoms with Crippen molar-refractivity contribution in [3.63, 3.8) is 0 Å². The number of nitrogens with one attached hydrogen (secondary N) is 1. The van der Waals surface area contributed by atoms with Gasteiger partial charge in [0.05, 0.1) is 12.2 Å². The molecule has 0 atom stereocenters. The van der Waals surface area contributed by atoms with Crippen LogP contribution in [-0.4, -0.2) is 35.0 Å². The lowest BCUT2D eigenvalue weighted by atomic mass is 10.5. The minimum atomic E-state index is -3.62. The maximum Gasteiger partial charge on any atom is 0.304 e. The molecule has 0 amide bonds. The van der Waals surface area contributed by atoms with Crippen LogP contribution in [0.25, 0.3) is 0 Å². The van der Waals surface area contributed by atoms with Crippen LogP contribution in [-0.2, 0) is 21.9 Å². The molecule has 0 saturated carbocycles. The summed E-state index contributed by atoms with van der Waals surface area (Å²) in [6.45, 7) is 0. The van der Waals surface area contributed by atoms with Crippen molar-refractivity contribution in [1.82, 2.24) is 9.78 Å². The normalized spacial score (nSPS) is 11.3. The largest absolute Gasteiger partial charge is 0.481 e. The van der Waals surface area contributed by atoms with Gasteiger partial charge in [0.2, 0.25) is 10.0 Å². The quantitative estimate of drug-likeness (QED) is 0.723. The van der Waals surface area contributed by atoms with Gasteiger partial charge in [-0.05, 0) is 0 Å². The van der Waals surface area contributed by atoms with Crippen molar-refractivity contribution in [2.24, 2.45) is 7.05 Å². The van der Waals surface area contributed by atoms with E-state index in [0.717, 1.165) is 0 Å². The van der Waals surface area contributed by atoms with Crippen molar-refractivity contribution >= 4 is 21.8 Å². The molecule has 1 heterocycles. The van der Waals surface area contributed by atoms with E-state index in [4.69, 9.17) is 5.11 Å². The molecule has 0 radical (unpaired) electrons. The van der Waals surface area contributed by atoms with Crippen molar-refractivity contribution < 1.29 is 18.3 Å². The number of aliphatic carboxylic acids is 1. The van der Waals surface area contributed by atoms with Gasteiger partial charge >= 0.3 is 5.97 Å². The number of sulfonamides is 1. The highest BCUT2D eigenvalue weighted by atomic mass is 32.2. The van der Waals surface area contributed by atoms with E-state index in [-0.39, 0.29) is 5.82 Å². The zero-order chi connectivity index (χ0) is 11.5. The second-order valence-electron chi connectivity index (χ2n) is 2.94. The average molecular weight is 233 g/mol. The van der Waals surface area contributed by atoms with E-state index in [1.54, 1.807) is 13.2 Å². The number of hydrogen-bond donors (Lipinski definition) is 2. The minimum Gasteiger partial charge on any atom is -0.481 e. The fourth-order valence-corrected chi connectivity index (χ4v) is 1.87. The molecular formula is C7H11N3O4S. The van der Waals surface area contributed by atoms with Crippen LogP contribution in [0.15, 0.2) is 12.3 Å².